The molecule has 3 atom stereocenters. The highest BCUT2D eigenvalue weighted by Gasteiger charge is 2.41. The number of cyclic esters (lactones) is 1. The van der Waals surface area contributed by atoms with E-state index >= 15 is 0 Å². The standard InChI is InChI=1S/C63H68N4O8S2/c1-60(2,3)75-55(69)40-39-52-57(71)66-53(44-77-63(48-32-18-9-19-33-48,49-34-20-10-21-35-49)50-36-22-11-23-37-50)58(72)67-61(4,5)59(73)64-43-56(70)74-51(42-54(68)65-52)38-24-25-41-76-62(45-26-12-6-13-27-45,46-28-14-7-15-29-46)47-30-16-8-17-31-47/h6-24,26-38,51-53H,25,39-44H2,1-5H3,(H,64,73)(H,65,68)(H,66,71)(H,67,72)/b38-24+/t51-,52-,53-/m1/s1. The first-order chi connectivity index (χ1) is 37.0. The Kier molecular flexibility index (Phi) is 19.8. The van der Waals surface area contributed by atoms with Crippen molar-refractivity contribution in [3.05, 3.63) is 228 Å². The number of carbonyl (C=O) groups is 6. The van der Waals surface area contributed by atoms with Crippen LogP contribution in [-0.2, 0) is 47.7 Å². The minimum absolute atomic E-state index is 0.0265. The van der Waals surface area contributed by atoms with Gasteiger partial charge in [0.25, 0.3) is 0 Å². The van der Waals surface area contributed by atoms with Crippen molar-refractivity contribution in [3.63, 3.8) is 0 Å². The molecule has 0 bridgehead atoms. The van der Waals surface area contributed by atoms with Crippen LogP contribution >= 0.6 is 23.5 Å². The van der Waals surface area contributed by atoms with Crippen molar-refractivity contribution in [2.45, 2.75) is 99.1 Å². The Bertz CT molecular complexity index is 2750. The molecule has 4 amide bonds. The molecule has 1 fully saturated rings. The van der Waals surface area contributed by atoms with Crippen LogP contribution in [0, 0.1) is 0 Å². The third-order valence-electron chi connectivity index (χ3n) is 12.9. The fourth-order valence-electron chi connectivity index (χ4n) is 9.27. The first kappa shape index (κ1) is 57.3. The van der Waals surface area contributed by atoms with Gasteiger partial charge in [-0.05, 0) is 92.7 Å². The van der Waals surface area contributed by atoms with Gasteiger partial charge in [-0.25, -0.2) is 0 Å². The van der Waals surface area contributed by atoms with Crippen molar-refractivity contribution in [1.82, 2.24) is 21.3 Å². The highest BCUT2D eigenvalue weighted by atomic mass is 32.2. The lowest BCUT2D eigenvalue weighted by molar-refractivity contribution is -0.155. The van der Waals surface area contributed by atoms with Crippen LogP contribution in [0.4, 0.5) is 0 Å². The highest BCUT2D eigenvalue weighted by molar-refractivity contribution is 8.00. The largest absolute Gasteiger partial charge is 0.460 e. The number of thioether (sulfide) groups is 2. The van der Waals surface area contributed by atoms with Crippen LogP contribution in [0.2, 0.25) is 0 Å². The maximum Gasteiger partial charge on any atom is 0.326 e. The van der Waals surface area contributed by atoms with Gasteiger partial charge in [-0.1, -0.05) is 188 Å². The maximum atomic E-state index is 14.8. The second-order valence-electron chi connectivity index (χ2n) is 20.3. The second kappa shape index (κ2) is 26.6. The Morgan fingerprint density at radius 2 is 1.04 bits per heavy atom. The summed E-state index contributed by atoms with van der Waals surface area (Å²) in [6.45, 7) is 7.63. The molecule has 6 aromatic rings. The summed E-state index contributed by atoms with van der Waals surface area (Å²) < 4.78 is 9.96. The van der Waals surface area contributed by atoms with Gasteiger partial charge < -0.3 is 30.7 Å². The predicted molar refractivity (Wildman–Crippen MR) is 306 cm³/mol. The molecule has 0 radical (unpaired) electrons. The first-order valence-electron chi connectivity index (χ1n) is 25.9. The van der Waals surface area contributed by atoms with E-state index in [2.05, 4.69) is 57.7 Å². The van der Waals surface area contributed by atoms with Gasteiger partial charge in [-0.3, -0.25) is 28.8 Å². The topological polar surface area (TPSA) is 169 Å². The fourth-order valence-corrected chi connectivity index (χ4v) is 12.3. The van der Waals surface area contributed by atoms with Crippen LogP contribution in [-0.4, -0.2) is 82.9 Å². The second-order valence-corrected chi connectivity index (χ2v) is 22.8. The summed E-state index contributed by atoms with van der Waals surface area (Å²) in [6.07, 6.45) is 2.06. The van der Waals surface area contributed by atoms with Crippen molar-refractivity contribution < 1.29 is 38.2 Å². The molecule has 12 nitrogen and oxygen atoms in total. The Morgan fingerprint density at radius 1 is 0.610 bits per heavy atom. The lowest BCUT2D eigenvalue weighted by Gasteiger charge is -2.37. The zero-order valence-corrected chi connectivity index (χ0v) is 45.9. The molecule has 1 heterocycles. The maximum absolute atomic E-state index is 14.8. The van der Waals surface area contributed by atoms with Gasteiger partial charge in [0, 0.05) is 12.2 Å². The molecule has 6 aromatic carbocycles. The Balaban J connectivity index is 1.18. The number of ether oxygens (including phenoxy) is 2. The molecule has 1 aliphatic rings. The number of allylic oxidation sites excluding steroid dienone is 1. The SMILES string of the molecule is CC(C)(C)OC(=O)CC[C@H]1NC(=O)C[C@@H](/C=C/CCSC(c2ccccc2)(c2ccccc2)c2ccccc2)OC(=O)CNC(=O)C(C)(C)NC(=O)[C@@H](CSC(c2ccccc2)(c2ccccc2)c2ccccc2)NC1=O. The number of esters is 2. The average molecular weight is 1070 g/mol. The summed E-state index contributed by atoms with van der Waals surface area (Å²) in [6, 6.07) is 57.8. The Morgan fingerprint density at radius 3 is 1.47 bits per heavy atom. The van der Waals surface area contributed by atoms with E-state index in [1.807, 2.05) is 152 Å². The molecule has 7 rings (SSSR count). The monoisotopic (exact) mass is 1070 g/mol. The lowest BCUT2D eigenvalue weighted by atomic mass is 9.84. The summed E-state index contributed by atoms with van der Waals surface area (Å²) in [5, 5.41) is 11.1. The van der Waals surface area contributed by atoms with Crippen LogP contribution in [0.15, 0.2) is 194 Å². The van der Waals surface area contributed by atoms with Gasteiger partial charge in [-0.2, -0.15) is 0 Å². The summed E-state index contributed by atoms with van der Waals surface area (Å²) in [5.41, 5.74) is 3.65. The summed E-state index contributed by atoms with van der Waals surface area (Å²) >= 11 is 3.18. The fraction of sp³-hybridized carbons (Fsp3) is 0.302. The highest BCUT2D eigenvalue weighted by Crippen LogP contribution is 2.50. The average Bonchev–Trinajstić information content (AvgIpc) is 3.47. The minimum atomic E-state index is -1.59. The van der Waals surface area contributed by atoms with E-state index in [9.17, 15) is 28.8 Å². The van der Waals surface area contributed by atoms with Crippen molar-refractivity contribution in [2.75, 3.05) is 18.1 Å². The minimum Gasteiger partial charge on any atom is -0.460 e. The van der Waals surface area contributed by atoms with Gasteiger partial charge in [0.05, 0.1) is 15.9 Å². The van der Waals surface area contributed by atoms with Crippen molar-refractivity contribution in [1.29, 1.82) is 0 Å². The van der Waals surface area contributed by atoms with E-state index in [0.29, 0.717) is 12.2 Å². The van der Waals surface area contributed by atoms with E-state index in [1.54, 1.807) is 38.6 Å². The molecule has 1 aliphatic heterocycles. The van der Waals surface area contributed by atoms with E-state index in [-0.39, 0.29) is 18.6 Å². The summed E-state index contributed by atoms with van der Waals surface area (Å²) in [5.74, 6) is -3.61. The number of benzene rings is 6. The van der Waals surface area contributed by atoms with Crippen LogP contribution < -0.4 is 21.3 Å². The van der Waals surface area contributed by atoms with Crippen LogP contribution in [0.25, 0.3) is 0 Å². The molecule has 77 heavy (non-hydrogen) atoms. The predicted octanol–water partition coefficient (Wildman–Crippen LogP) is 9.80. The van der Waals surface area contributed by atoms with Gasteiger partial charge >= 0.3 is 11.9 Å². The number of rotatable bonds is 17. The normalized spacial score (nSPS) is 18.0. The van der Waals surface area contributed by atoms with Crippen LogP contribution in [0.5, 0.6) is 0 Å². The molecule has 0 unspecified atom stereocenters. The molecule has 400 valence electrons. The van der Waals surface area contributed by atoms with E-state index in [1.165, 1.54) is 25.6 Å². The first-order valence-corrected chi connectivity index (χ1v) is 27.9. The van der Waals surface area contributed by atoms with E-state index in [4.69, 9.17) is 9.47 Å². The summed E-state index contributed by atoms with van der Waals surface area (Å²) in [7, 11) is 0. The molecule has 4 N–H and O–H groups in total. The number of nitrogens with one attached hydrogen (secondary N) is 4. The third-order valence-corrected chi connectivity index (χ3v) is 16.1. The van der Waals surface area contributed by atoms with E-state index in [0.717, 1.165) is 33.4 Å². The molecule has 0 aromatic heterocycles. The Labute approximate surface area is 461 Å². The lowest BCUT2D eigenvalue weighted by Crippen LogP contribution is -2.61. The van der Waals surface area contributed by atoms with Crippen molar-refractivity contribution >= 4 is 59.1 Å². The van der Waals surface area contributed by atoms with E-state index < -0.39 is 87.4 Å². The zero-order chi connectivity index (χ0) is 54.9. The van der Waals surface area contributed by atoms with Gasteiger partial charge in [0.15, 0.2) is 0 Å². The van der Waals surface area contributed by atoms with Crippen LogP contribution in [0.3, 0.4) is 0 Å². The molecule has 0 aliphatic carbocycles. The third kappa shape index (κ3) is 15.2. The smallest absolute Gasteiger partial charge is 0.326 e. The molecular formula is C63H68N4O8S2. The van der Waals surface area contributed by atoms with Crippen LogP contribution in [0.1, 0.15) is 93.7 Å². The molecule has 0 saturated carbocycles. The Hall–Kier alpha value is -7.42. The molecule has 14 heteroatoms. The number of hydrogen-bond acceptors (Lipinski definition) is 10. The van der Waals surface area contributed by atoms with Gasteiger partial charge in [0.2, 0.25) is 23.6 Å². The quantitative estimate of drug-likeness (QED) is 0.0299. The van der Waals surface area contributed by atoms with Crippen molar-refractivity contribution in [3.8, 4) is 0 Å². The van der Waals surface area contributed by atoms with Gasteiger partial charge in [-0.15, -0.1) is 23.5 Å². The molecular weight excluding hydrogens is 1000 g/mol. The number of carbonyl (C=O) groups excluding carboxylic acids is 6. The van der Waals surface area contributed by atoms with Gasteiger partial charge in [0.1, 0.15) is 35.9 Å². The van der Waals surface area contributed by atoms with Crippen molar-refractivity contribution in [2.24, 2.45) is 0 Å². The number of amides is 4. The molecule has 1 saturated heterocycles. The molecule has 0 spiro atoms. The number of hydrogen-bond donors (Lipinski definition) is 4. The summed E-state index contributed by atoms with van der Waals surface area (Å²) in [4.78, 5) is 84.3. The zero-order valence-electron chi connectivity index (χ0n) is 44.2.